The van der Waals surface area contributed by atoms with E-state index in [0.717, 1.165) is 5.56 Å². The van der Waals surface area contributed by atoms with Crippen LogP contribution in [0.1, 0.15) is 29.3 Å². The summed E-state index contributed by atoms with van der Waals surface area (Å²) >= 11 is 0. The number of hydrogen-bond acceptors (Lipinski definition) is 6. The highest BCUT2D eigenvalue weighted by Gasteiger charge is 2.25. The van der Waals surface area contributed by atoms with Gasteiger partial charge in [-0.15, -0.1) is 0 Å². The summed E-state index contributed by atoms with van der Waals surface area (Å²) in [5, 5.41) is 12.0. The SMILES string of the molecule is CCOCOC[C@H](C[C@H](Cc1ccccc1)C(=O)NO)NC(=O)c1ccc(=O)[nH]c1. The van der Waals surface area contributed by atoms with Gasteiger partial charge in [0, 0.05) is 24.8 Å². The van der Waals surface area contributed by atoms with Crippen LogP contribution in [0.3, 0.4) is 0 Å². The maximum Gasteiger partial charge on any atom is 0.253 e. The van der Waals surface area contributed by atoms with Gasteiger partial charge < -0.3 is 19.8 Å². The first-order valence-electron chi connectivity index (χ1n) is 9.66. The van der Waals surface area contributed by atoms with Gasteiger partial charge in [0.25, 0.3) is 5.91 Å². The molecule has 0 saturated heterocycles. The van der Waals surface area contributed by atoms with Gasteiger partial charge in [-0.05, 0) is 31.4 Å². The van der Waals surface area contributed by atoms with E-state index in [1.54, 1.807) is 5.48 Å². The third-order valence-corrected chi connectivity index (χ3v) is 4.45. The van der Waals surface area contributed by atoms with Crippen LogP contribution in [0.4, 0.5) is 0 Å². The Hall–Kier alpha value is -3.01. The molecule has 0 aliphatic carbocycles. The van der Waals surface area contributed by atoms with Crippen LogP contribution in [0.25, 0.3) is 0 Å². The fraction of sp³-hybridized carbons (Fsp3) is 0.381. The number of hydrogen-bond donors (Lipinski definition) is 4. The highest BCUT2D eigenvalue weighted by atomic mass is 16.7. The summed E-state index contributed by atoms with van der Waals surface area (Å²) in [5.41, 5.74) is 2.58. The van der Waals surface area contributed by atoms with Crippen molar-refractivity contribution in [2.45, 2.75) is 25.8 Å². The number of ether oxygens (including phenoxy) is 2. The molecule has 2 amide bonds. The number of aromatic amines is 1. The highest BCUT2D eigenvalue weighted by molar-refractivity contribution is 5.94. The van der Waals surface area contributed by atoms with E-state index in [1.807, 2.05) is 37.3 Å². The zero-order valence-corrected chi connectivity index (χ0v) is 16.8. The Bertz CT molecular complexity index is 835. The van der Waals surface area contributed by atoms with Crippen molar-refractivity contribution < 1.29 is 24.3 Å². The van der Waals surface area contributed by atoms with Crippen molar-refractivity contribution in [3.63, 3.8) is 0 Å². The van der Waals surface area contributed by atoms with E-state index in [9.17, 15) is 14.4 Å². The number of rotatable bonds is 12. The normalized spacial score (nSPS) is 12.7. The van der Waals surface area contributed by atoms with Gasteiger partial charge in [-0.2, -0.15) is 0 Å². The molecule has 2 atom stereocenters. The molecule has 2 rings (SSSR count). The van der Waals surface area contributed by atoms with E-state index in [4.69, 9.17) is 14.7 Å². The fourth-order valence-corrected chi connectivity index (χ4v) is 2.94. The third kappa shape index (κ3) is 7.78. The molecule has 9 nitrogen and oxygen atoms in total. The first-order chi connectivity index (χ1) is 14.5. The lowest BCUT2D eigenvalue weighted by Crippen LogP contribution is -2.43. The number of H-pyrrole nitrogens is 1. The first-order valence-corrected chi connectivity index (χ1v) is 9.66. The van der Waals surface area contributed by atoms with Crippen molar-refractivity contribution in [3.05, 3.63) is 70.1 Å². The lowest BCUT2D eigenvalue weighted by Gasteiger charge is -2.23. The zero-order chi connectivity index (χ0) is 21.8. The summed E-state index contributed by atoms with van der Waals surface area (Å²) in [6.45, 7) is 2.48. The van der Waals surface area contributed by atoms with Gasteiger partial charge in [-0.25, -0.2) is 5.48 Å². The molecule has 0 spiro atoms. The molecule has 0 aliphatic rings. The topological polar surface area (TPSA) is 130 Å². The Balaban J connectivity index is 2.11. The Kier molecular flexibility index (Phi) is 9.72. The summed E-state index contributed by atoms with van der Waals surface area (Å²) < 4.78 is 10.6. The van der Waals surface area contributed by atoms with E-state index < -0.39 is 23.8 Å². The Morgan fingerprint density at radius 1 is 1.13 bits per heavy atom. The molecule has 30 heavy (non-hydrogen) atoms. The summed E-state index contributed by atoms with van der Waals surface area (Å²) in [4.78, 5) is 38.5. The predicted octanol–water partition coefficient (Wildman–Crippen LogP) is 1.24. The van der Waals surface area contributed by atoms with Crippen LogP contribution < -0.4 is 16.4 Å². The largest absolute Gasteiger partial charge is 0.356 e. The molecule has 0 bridgehead atoms. The number of pyridine rings is 1. The van der Waals surface area contributed by atoms with E-state index in [0.29, 0.717) is 13.0 Å². The van der Waals surface area contributed by atoms with E-state index in [2.05, 4.69) is 10.3 Å². The average Bonchev–Trinajstić information content (AvgIpc) is 2.76. The van der Waals surface area contributed by atoms with E-state index in [-0.39, 0.29) is 30.9 Å². The average molecular weight is 417 g/mol. The maximum absolute atomic E-state index is 12.6. The summed E-state index contributed by atoms with van der Waals surface area (Å²) in [7, 11) is 0. The molecule has 0 unspecified atom stereocenters. The van der Waals surface area contributed by atoms with Gasteiger partial charge >= 0.3 is 0 Å². The molecule has 0 saturated carbocycles. The Morgan fingerprint density at radius 3 is 2.53 bits per heavy atom. The monoisotopic (exact) mass is 417 g/mol. The molecule has 4 N–H and O–H groups in total. The minimum absolute atomic E-state index is 0.0527. The van der Waals surface area contributed by atoms with Crippen molar-refractivity contribution in [3.8, 4) is 0 Å². The Labute approximate surface area is 174 Å². The molecule has 0 fully saturated rings. The molecule has 0 radical (unpaired) electrons. The van der Waals surface area contributed by atoms with Gasteiger partial charge in [0.15, 0.2) is 0 Å². The number of carbonyl (C=O) groups excluding carboxylic acids is 2. The molecule has 1 aromatic carbocycles. The van der Waals surface area contributed by atoms with Gasteiger partial charge in [-0.1, -0.05) is 30.3 Å². The van der Waals surface area contributed by atoms with Crippen LogP contribution >= 0.6 is 0 Å². The minimum Gasteiger partial charge on any atom is -0.356 e. The predicted molar refractivity (Wildman–Crippen MR) is 109 cm³/mol. The first kappa shape index (κ1) is 23.3. The number of benzene rings is 1. The van der Waals surface area contributed by atoms with Crippen molar-refractivity contribution >= 4 is 11.8 Å². The molecular formula is C21H27N3O6. The van der Waals surface area contributed by atoms with Crippen molar-refractivity contribution in [1.29, 1.82) is 0 Å². The van der Waals surface area contributed by atoms with Gasteiger partial charge in [0.05, 0.1) is 18.2 Å². The highest BCUT2D eigenvalue weighted by Crippen LogP contribution is 2.16. The number of hydroxylamine groups is 1. The molecule has 2 aromatic rings. The molecule has 1 aromatic heterocycles. The zero-order valence-electron chi connectivity index (χ0n) is 16.8. The second-order valence-electron chi connectivity index (χ2n) is 6.69. The van der Waals surface area contributed by atoms with E-state index >= 15 is 0 Å². The quantitative estimate of drug-likeness (QED) is 0.178. The van der Waals surface area contributed by atoms with Crippen LogP contribution in [0.15, 0.2) is 53.5 Å². The third-order valence-electron chi connectivity index (χ3n) is 4.45. The second kappa shape index (κ2) is 12.5. The molecular weight excluding hydrogens is 390 g/mol. The fourth-order valence-electron chi connectivity index (χ4n) is 2.94. The van der Waals surface area contributed by atoms with Crippen LogP contribution in [-0.4, -0.2) is 48.1 Å². The summed E-state index contributed by atoms with van der Waals surface area (Å²) in [5.74, 6) is -1.57. The standard InChI is InChI=1S/C21H27N3O6/c1-2-29-14-30-13-18(23-20(26)16-8-9-19(25)22-12-16)11-17(21(27)24-28)10-15-6-4-3-5-7-15/h3-9,12,17-18,28H,2,10-11,13-14H2,1H3,(H,22,25)(H,23,26)(H,24,27)/t17-,18-/m0/s1. The second-order valence-corrected chi connectivity index (χ2v) is 6.69. The number of amides is 2. The van der Waals surface area contributed by atoms with Crippen LogP contribution in [0.5, 0.6) is 0 Å². The minimum atomic E-state index is -0.603. The number of aromatic nitrogens is 1. The lowest BCUT2D eigenvalue weighted by molar-refractivity contribution is -0.134. The van der Waals surface area contributed by atoms with Crippen LogP contribution in [0.2, 0.25) is 0 Å². The summed E-state index contributed by atoms with van der Waals surface area (Å²) in [6.07, 6.45) is 1.92. The van der Waals surface area contributed by atoms with Gasteiger partial charge in [0.2, 0.25) is 11.5 Å². The van der Waals surface area contributed by atoms with Gasteiger partial charge in [0.1, 0.15) is 6.79 Å². The molecule has 162 valence electrons. The van der Waals surface area contributed by atoms with Gasteiger partial charge in [-0.3, -0.25) is 19.6 Å². The van der Waals surface area contributed by atoms with E-state index in [1.165, 1.54) is 18.3 Å². The molecule has 1 heterocycles. The molecule has 0 aliphatic heterocycles. The number of carbonyl (C=O) groups is 2. The molecule has 9 heteroatoms. The maximum atomic E-state index is 12.6. The van der Waals surface area contributed by atoms with Crippen LogP contribution in [-0.2, 0) is 20.7 Å². The lowest BCUT2D eigenvalue weighted by atomic mass is 9.92. The summed E-state index contributed by atoms with van der Waals surface area (Å²) in [6, 6.07) is 11.5. The van der Waals surface area contributed by atoms with Crippen molar-refractivity contribution in [2.24, 2.45) is 5.92 Å². The number of nitrogens with one attached hydrogen (secondary N) is 3. The van der Waals surface area contributed by atoms with Crippen molar-refractivity contribution in [1.82, 2.24) is 15.8 Å². The van der Waals surface area contributed by atoms with Crippen molar-refractivity contribution in [2.75, 3.05) is 20.0 Å². The smallest absolute Gasteiger partial charge is 0.253 e. The van der Waals surface area contributed by atoms with Crippen LogP contribution in [0, 0.1) is 5.92 Å². The Morgan fingerprint density at radius 2 is 1.90 bits per heavy atom.